The molecule has 10 heavy (non-hydrogen) atoms. The van der Waals surface area contributed by atoms with Gasteiger partial charge in [0, 0.05) is 0 Å². The molecule has 0 amide bonds. The molecular weight excluding hydrogens is 222 g/mol. The summed E-state index contributed by atoms with van der Waals surface area (Å²) in [5.74, 6) is 0.0972. The van der Waals surface area contributed by atoms with E-state index in [0.717, 1.165) is 5.41 Å². The Balaban J connectivity index is 3.14. The fraction of sp³-hybridized carbons (Fsp3) is 0.250. The van der Waals surface area contributed by atoms with Crippen LogP contribution in [0, 0.1) is 0 Å². The summed E-state index contributed by atoms with van der Waals surface area (Å²) in [5, 5.41) is 0.992. The average Bonchev–Trinajstić information content (AvgIpc) is 2.05. The molecule has 0 radical (unpaired) electrons. The van der Waals surface area contributed by atoms with Gasteiger partial charge in [0.05, 0.1) is 17.0 Å². The van der Waals surface area contributed by atoms with E-state index in [0.29, 0.717) is 4.48 Å². The number of nitrogens with zero attached hydrogens (tertiary/aromatic N) is 1. The second-order valence-corrected chi connectivity index (χ2v) is 3.88. The number of methoxy groups -OCH3 is 1. The van der Waals surface area contributed by atoms with E-state index in [1.807, 2.05) is 0 Å². The first-order valence-electron chi connectivity index (χ1n) is 2.32. The van der Waals surface area contributed by atoms with Crippen LogP contribution in [0.1, 0.15) is 0 Å². The lowest BCUT2D eigenvalue weighted by Gasteiger charge is -1.92. The number of ether oxygens (including phenoxy) is 1. The van der Waals surface area contributed by atoms with Crippen LogP contribution >= 0.6 is 15.9 Å². The van der Waals surface area contributed by atoms with Gasteiger partial charge in [0.2, 0.25) is 5.90 Å². The molecule has 1 heterocycles. The summed E-state index contributed by atoms with van der Waals surface area (Å²) < 4.78 is 29.5. The van der Waals surface area contributed by atoms with Gasteiger partial charge in [0.15, 0.2) is 0 Å². The molecule has 0 aliphatic carbocycles. The quantitative estimate of drug-likeness (QED) is 0.608. The van der Waals surface area contributed by atoms with Crippen molar-refractivity contribution in [1.82, 2.24) is 0 Å². The number of hydrogen-bond acceptors (Lipinski definition) is 3. The van der Waals surface area contributed by atoms with Crippen molar-refractivity contribution in [3.8, 4) is 0 Å². The molecule has 0 saturated heterocycles. The first-order valence-corrected chi connectivity index (χ1v) is 4.61. The molecule has 0 N–H and O–H groups in total. The zero-order chi connectivity index (χ0) is 7.78. The second-order valence-electron chi connectivity index (χ2n) is 1.58. The lowest BCUT2D eigenvalue weighted by atomic mass is 10.6. The van der Waals surface area contributed by atoms with E-state index in [4.69, 9.17) is 0 Å². The minimum Gasteiger partial charge on any atom is -0.480 e. The number of rotatable bonds is 0. The molecule has 4 nitrogen and oxygen atoms in total. The maximum absolute atomic E-state index is 10.6. The number of sulfonamides is 1. The summed E-state index contributed by atoms with van der Waals surface area (Å²) in [6.07, 6.45) is 0. The molecule has 56 valence electrons. The Hall–Kier alpha value is -0.360. The third-order valence-electron chi connectivity index (χ3n) is 0.860. The van der Waals surface area contributed by atoms with Gasteiger partial charge in [-0.1, -0.05) is 0 Å². The standard InChI is InChI=1S/C4H4BrNO3S/c1-9-4-3(5)2-10(7,8)6-4/h2H,1H3. The van der Waals surface area contributed by atoms with E-state index in [2.05, 4.69) is 25.1 Å². The maximum atomic E-state index is 10.6. The Morgan fingerprint density at radius 3 is 2.50 bits per heavy atom. The van der Waals surface area contributed by atoms with Gasteiger partial charge in [0.1, 0.15) is 0 Å². The smallest absolute Gasteiger partial charge is 0.280 e. The second kappa shape index (κ2) is 2.35. The summed E-state index contributed by atoms with van der Waals surface area (Å²) in [4.78, 5) is 0. The first kappa shape index (κ1) is 7.74. The Kier molecular flexibility index (Phi) is 1.82. The molecule has 0 spiro atoms. The lowest BCUT2D eigenvalue weighted by Crippen LogP contribution is -1.96. The predicted molar refractivity (Wildman–Crippen MR) is 40.4 cm³/mol. The number of hydrogen-bond donors (Lipinski definition) is 0. The molecule has 0 aromatic heterocycles. The van der Waals surface area contributed by atoms with Crippen LogP contribution in [0.25, 0.3) is 0 Å². The van der Waals surface area contributed by atoms with E-state index in [-0.39, 0.29) is 5.90 Å². The van der Waals surface area contributed by atoms with Crippen LogP contribution < -0.4 is 0 Å². The molecule has 1 aliphatic heterocycles. The largest absolute Gasteiger partial charge is 0.480 e. The molecule has 0 saturated carbocycles. The third kappa shape index (κ3) is 1.38. The number of halogens is 1. The highest BCUT2D eigenvalue weighted by molar-refractivity contribution is 9.12. The summed E-state index contributed by atoms with van der Waals surface area (Å²) in [6.45, 7) is 0. The molecule has 0 bridgehead atoms. The molecule has 0 unspecified atom stereocenters. The molecule has 6 heteroatoms. The highest BCUT2D eigenvalue weighted by Crippen LogP contribution is 2.19. The SMILES string of the molecule is COC1=NS(=O)(=O)C=C1Br. The normalized spacial score (nSPS) is 21.8. The topological polar surface area (TPSA) is 55.7 Å². The molecule has 0 atom stereocenters. The highest BCUT2D eigenvalue weighted by Gasteiger charge is 2.20. The van der Waals surface area contributed by atoms with Crippen molar-refractivity contribution in [3.63, 3.8) is 0 Å². The minimum atomic E-state index is -3.40. The van der Waals surface area contributed by atoms with Crippen molar-refractivity contribution in [1.29, 1.82) is 0 Å². The van der Waals surface area contributed by atoms with Crippen LogP contribution in [0.3, 0.4) is 0 Å². The van der Waals surface area contributed by atoms with Crippen molar-refractivity contribution >= 4 is 31.9 Å². The first-order chi connectivity index (χ1) is 4.55. The van der Waals surface area contributed by atoms with Gasteiger partial charge < -0.3 is 4.74 Å². The fourth-order valence-electron chi connectivity index (χ4n) is 0.501. The monoisotopic (exact) mass is 225 g/mol. The van der Waals surface area contributed by atoms with Crippen molar-refractivity contribution in [2.24, 2.45) is 4.40 Å². The summed E-state index contributed by atoms with van der Waals surface area (Å²) >= 11 is 2.97. The van der Waals surface area contributed by atoms with Crippen LogP contribution in [-0.2, 0) is 14.8 Å². The lowest BCUT2D eigenvalue weighted by molar-refractivity contribution is 0.408. The molecule has 1 aliphatic rings. The third-order valence-corrected chi connectivity index (χ3v) is 2.69. The van der Waals surface area contributed by atoms with Crippen molar-refractivity contribution in [2.45, 2.75) is 0 Å². The van der Waals surface area contributed by atoms with Crippen molar-refractivity contribution < 1.29 is 13.2 Å². The van der Waals surface area contributed by atoms with Crippen LogP contribution in [0.5, 0.6) is 0 Å². The Morgan fingerprint density at radius 1 is 1.70 bits per heavy atom. The highest BCUT2D eigenvalue weighted by atomic mass is 79.9. The Labute approximate surface area is 66.8 Å². The van der Waals surface area contributed by atoms with Gasteiger partial charge in [-0.15, -0.1) is 4.40 Å². The predicted octanol–water partition coefficient (Wildman–Crippen LogP) is 0.611. The van der Waals surface area contributed by atoms with Gasteiger partial charge in [-0.05, 0) is 15.9 Å². The molecular formula is C4H4BrNO3S. The van der Waals surface area contributed by atoms with Crippen LogP contribution in [0.2, 0.25) is 0 Å². The maximum Gasteiger partial charge on any atom is 0.280 e. The van der Waals surface area contributed by atoms with Gasteiger partial charge in [0.25, 0.3) is 10.0 Å². The molecule has 0 aromatic carbocycles. The Morgan fingerprint density at radius 2 is 2.30 bits per heavy atom. The van der Waals surface area contributed by atoms with Crippen LogP contribution in [0.15, 0.2) is 14.3 Å². The van der Waals surface area contributed by atoms with Gasteiger partial charge >= 0.3 is 0 Å². The molecule has 0 aromatic rings. The summed E-state index contributed by atoms with van der Waals surface area (Å²) in [7, 11) is -2.05. The summed E-state index contributed by atoms with van der Waals surface area (Å²) in [5.41, 5.74) is 0. The van der Waals surface area contributed by atoms with E-state index in [1.54, 1.807) is 0 Å². The average molecular weight is 226 g/mol. The molecule has 1 rings (SSSR count). The minimum absolute atomic E-state index is 0.0972. The van der Waals surface area contributed by atoms with E-state index < -0.39 is 10.0 Å². The van der Waals surface area contributed by atoms with Crippen LogP contribution in [0.4, 0.5) is 0 Å². The van der Waals surface area contributed by atoms with Crippen LogP contribution in [-0.4, -0.2) is 21.4 Å². The van der Waals surface area contributed by atoms with Crippen molar-refractivity contribution in [3.05, 3.63) is 9.89 Å². The van der Waals surface area contributed by atoms with Crippen molar-refractivity contribution in [2.75, 3.05) is 7.11 Å². The van der Waals surface area contributed by atoms with E-state index >= 15 is 0 Å². The summed E-state index contributed by atoms with van der Waals surface area (Å²) in [6, 6.07) is 0. The van der Waals surface area contributed by atoms with Gasteiger partial charge in [-0.25, -0.2) is 0 Å². The van der Waals surface area contributed by atoms with E-state index in [1.165, 1.54) is 7.11 Å². The molecule has 0 fully saturated rings. The fourth-order valence-corrected chi connectivity index (χ4v) is 2.40. The zero-order valence-electron chi connectivity index (χ0n) is 5.04. The Bertz CT molecular complexity index is 302. The van der Waals surface area contributed by atoms with Gasteiger partial charge in [-0.3, -0.25) is 0 Å². The zero-order valence-corrected chi connectivity index (χ0v) is 7.44. The van der Waals surface area contributed by atoms with E-state index in [9.17, 15) is 8.42 Å². The van der Waals surface area contributed by atoms with Gasteiger partial charge in [-0.2, -0.15) is 8.42 Å².